The van der Waals surface area contributed by atoms with E-state index in [4.69, 9.17) is 5.11 Å². The standard InChI is InChI=1S/C8H16N2O4/c1-4(12)10-5-2-9-6(3-11)8(14)7(5)13/h5-9,11,13-14H,2-3H2,1H3,(H,10,12)/p+1/t5-,6+,7+,8-/m0/s1. The van der Waals surface area contributed by atoms with Crippen LogP contribution in [0, 0.1) is 0 Å². The van der Waals surface area contributed by atoms with Gasteiger partial charge in [-0.25, -0.2) is 0 Å². The van der Waals surface area contributed by atoms with Gasteiger partial charge in [-0.15, -0.1) is 0 Å². The summed E-state index contributed by atoms with van der Waals surface area (Å²) in [5, 5.41) is 32.2. The molecular formula is C8H17N2O4+. The Hall–Kier alpha value is -0.690. The highest BCUT2D eigenvalue weighted by molar-refractivity contribution is 5.73. The van der Waals surface area contributed by atoms with E-state index in [1.807, 2.05) is 0 Å². The third-order valence-electron chi connectivity index (χ3n) is 2.49. The summed E-state index contributed by atoms with van der Waals surface area (Å²) in [6.45, 7) is 1.63. The van der Waals surface area contributed by atoms with Gasteiger partial charge in [0.15, 0.2) is 0 Å². The summed E-state index contributed by atoms with van der Waals surface area (Å²) < 4.78 is 0. The SMILES string of the molecule is CC(=O)N[C@H]1C[NH2+][C@H](CO)[C@H](O)[C@@H]1O. The summed E-state index contributed by atoms with van der Waals surface area (Å²) in [4.78, 5) is 10.7. The van der Waals surface area contributed by atoms with Gasteiger partial charge in [0.2, 0.25) is 5.91 Å². The summed E-state index contributed by atoms with van der Waals surface area (Å²) in [5.74, 6) is -0.239. The van der Waals surface area contributed by atoms with E-state index in [9.17, 15) is 15.0 Å². The molecular weight excluding hydrogens is 188 g/mol. The summed E-state index contributed by atoms with van der Waals surface area (Å²) in [6, 6.07) is -0.861. The van der Waals surface area contributed by atoms with Crippen LogP contribution < -0.4 is 10.6 Å². The van der Waals surface area contributed by atoms with Gasteiger partial charge < -0.3 is 26.0 Å². The number of carbonyl (C=O) groups is 1. The molecule has 0 bridgehead atoms. The van der Waals surface area contributed by atoms with E-state index in [0.29, 0.717) is 6.54 Å². The first-order chi connectivity index (χ1) is 6.56. The maximum atomic E-state index is 10.7. The maximum absolute atomic E-state index is 10.7. The molecule has 82 valence electrons. The van der Waals surface area contributed by atoms with Gasteiger partial charge in [-0.05, 0) is 0 Å². The highest BCUT2D eigenvalue weighted by atomic mass is 16.3. The molecule has 14 heavy (non-hydrogen) atoms. The minimum atomic E-state index is -1.01. The van der Waals surface area contributed by atoms with Crippen molar-refractivity contribution >= 4 is 5.91 Å². The van der Waals surface area contributed by atoms with Gasteiger partial charge in [0, 0.05) is 6.92 Å². The summed E-state index contributed by atoms with van der Waals surface area (Å²) in [6.07, 6.45) is -2.02. The average Bonchev–Trinajstić information content (AvgIpc) is 2.13. The minimum Gasteiger partial charge on any atom is -0.390 e. The quantitative estimate of drug-likeness (QED) is 0.318. The number of quaternary nitrogens is 1. The van der Waals surface area contributed by atoms with Crippen molar-refractivity contribution in [3.8, 4) is 0 Å². The highest BCUT2D eigenvalue weighted by Gasteiger charge is 2.40. The molecule has 0 saturated carbocycles. The number of hydrogen-bond donors (Lipinski definition) is 5. The second-order valence-corrected chi connectivity index (χ2v) is 3.61. The van der Waals surface area contributed by atoms with Crippen LogP contribution in [0.15, 0.2) is 0 Å². The van der Waals surface area contributed by atoms with Gasteiger partial charge in [-0.2, -0.15) is 0 Å². The second kappa shape index (κ2) is 4.70. The fraction of sp³-hybridized carbons (Fsp3) is 0.875. The van der Waals surface area contributed by atoms with Crippen LogP contribution in [-0.2, 0) is 4.79 Å². The summed E-state index contributed by atoms with van der Waals surface area (Å²) >= 11 is 0. The predicted molar refractivity (Wildman–Crippen MR) is 47.3 cm³/mol. The van der Waals surface area contributed by atoms with Crippen LogP contribution in [0.3, 0.4) is 0 Å². The Morgan fingerprint density at radius 1 is 1.50 bits per heavy atom. The van der Waals surface area contributed by atoms with Crippen LogP contribution in [-0.4, -0.2) is 58.7 Å². The van der Waals surface area contributed by atoms with E-state index in [1.165, 1.54) is 6.92 Å². The lowest BCUT2D eigenvalue weighted by Crippen LogP contribution is -3.00. The van der Waals surface area contributed by atoms with E-state index in [2.05, 4.69) is 5.32 Å². The van der Waals surface area contributed by atoms with Crippen molar-refractivity contribution in [3.05, 3.63) is 0 Å². The van der Waals surface area contributed by atoms with Crippen LogP contribution in [0.25, 0.3) is 0 Å². The maximum Gasteiger partial charge on any atom is 0.217 e. The lowest BCUT2D eigenvalue weighted by atomic mass is 9.94. The van der Waals surface area contributed by atoms with Gasteiger partial charge in [-0.3, -0.25) is 4.79 Å². The Morgan fingerprint density at radius 3 is 2.64 bits per heavy atom. The van der Waals surface area contributed by atoms with Crippen molar-refractivity contribution in [3.63, 3.8) is 0 Å². The fourth-order valence-corrected chi connectivity index (χ4v) is 1.68. The lowest BCUT2D eigenvalue weighted by molar-refractivity contribution is -0.712. The molecule has 1 saturated heterocycles. The van der Waals surface area contributed by atoms with Crippen molar-refractivity contribution in [2.45, 2.75) is 31.2 Å². The van der Waals surface area contributed by atoms with Crippen molar-refractivity contribution in [2.75, 3.05) is 13.2 Å². The number of amides is 1. The van der Waals surface area contributed by atoms with Crippen LogP contribution in [0.4, 0.5) is 0 Å². The Bertz CT molecular complexity index is 212. The molecule has 0 aromatic carbocycles. The van der Waals surface area contributed by atoms with Gasteiger partial charge in [0.05, 0.1) is 13.2 Å². The summed E-state index contributed by atoms with van der Waals surface area (Å²) in [5.41, 5.74) is 0. The minimum absolute atomic E-state index is 0.189. The lowest BCUT2D eigenvalue weighted by Gasteiger charge is -2.34. The zero-order chi connectivity index (χ0) is 10.7. The smallest absolute Gasteiger partial charge is 0.217 e. The largest absolute Gasteiger partial charge is 0.390 e. The number of aliphatic hydroxyl groups excluding tert-OH is 3. The molecule has 6 heteroatoms. The normalized spacial score (nSPS) is 38.0. The topological polar surface area (TPSA) is 106 Å². The first kappa shape index (κ1) is 11.4. The van der Waals surface area contributed by atoms with E-state index in [0.717, 1.165) is 0 Å². The van der Waals surface area contributed by atoms with Gasteiger partial charge in [0.1, 0.15) is 24.3 Å². The van der Waals surface area contributed by atoms with Crippen LogP contribution >= 0.6 is 0 Å². The van der Waals surface area contributed by atoms with Crippen LogP contribution in [0.2, 0.25) is 0 Å². The number of piperidine rings is 1. The number of nitrogens with one attached hydrogen (secondary N) is 1. The molecule has 1 aliphatic heterocycles. The molecule has 4 atom stereocenters. The van der Waals surface area contributed by atoms with Crippen LogP contribution in [0.1, 0.15) is 6.92 Å². The zero-order valence-electron chi connectivity index (χ0n) is 8.05. The number of hydrogen-bond acceptors (Lipinski definition) is 4. The van der Waals surface area contributed by atoms with E-state index < -0.39 is 24.3 Å². The molecule has 0 radical (unpaired) electrons. The number of carbonyl (C=O) groups excluding carboxylic acids is 1. The molecule has 1 aliphatic rings. The van der Waals surface area contributed by atoms with Gasteiger partial charge >= 0.3 is 0 Å². The van der Waals surface area contributed by atoms with E-state index in [-0.39, 0.29) is 12.5 Å². The molecule has 1 amide bonds. The third-order valence-corrected chi connectivity index (χ3v) is 2.49. The zero-order valence-corrected chi connectivity index (χ0v) is 8.05. The molecule has 0 unspecified atom stereocenters. The molecule has 1 heterocycles. The molecule has 1 fully saturated rings. The molecule has 0 aliphatic carbocycles. The fourth-order valence-electron chi connectivity index (χ4n) is 1.68. The molecule has 6 N–H and O–H groups in total. The second-order valence-electron chi connectivity index (χ2n) is 3.61. The Kier molecular flexibility index (Phi) is 3.82. The number of rotatable bonds is 2. The third kappa shape index (κ3) is 2.42. The Balaban J connectivity index is 2.54. The first-order valence-corrected chi connectivity index (χ1v) is 4.63. The van der Waals surface area contributed by atoms with Crippen molar-refractivity contribution < 1.29 is 25.4 Å². The molecule has 6 nitrogen and oxygen atoms in total. The Labute approximate surface area is 81.9 Å². The molecule has 1 rings (SSSR count). The summed E-state index contributed by atoms with van der Waals surface area (Å²) in [7, 11) is 0. The van der Waals surface area contributed by atoms with Crippen LogP contribution in [0.5, 0.6) is 0 Å². The highest BCUT2D eigenvalue weighted by Crippen LogP contribution is 2.05. The van der Waals surface area contributed by atoms with E-state index >= 15 is 0 Å². The number of aliphatic hydroxyl groups is 3. The van der Waals surface area contributed by atoms with E-state index in [1.54, 1.807) is 5.32 Å². The predicted octanol–water partition coefficient (Wildman–Crippen LogP) is -3.85. The van der Waals surface area contributed by atoms with Gasteiger partial charge in [0.25, 0.3) is 0 Å². The Morgan fingerprint density at radius 2 is 2.14 bits per heavy atom. The first-order valence-electron chi connectivity index (χ1n) is 4.63. The molecule has 0 aromatic heterocycles. The molecule has 0 aromatic rings. The molecule has 0 spiro atoms. The van der Waals surface area contributed by atoms with Crippen molar-refractivity contribution in [1.82, 2.24) is 5.32 Å². The van der Waals surface area contributed by atoms with Crippen molar-refractivity contribution in [2.24, 2.45) is 0 Å². The van der Waals surface area contributed by atoms with Gasteiger partial charge in [-0.1, -0.05) is 0 Å². The number of nitrogens with two attached hydrogens (primary N) is 1. The van der Waals surface area contributed by atoms with Crippen molar-refractivity contribution in [1.29, 1.82) is 0 Å². The monoisotopic (exact) mass is 205 g/mol. The average molecular weight is 205 g/mol.